The molecular weight excluding hydrogens is 352 g/mol. The second-order valence-corrected chi connectivity index (χ2v) is 6.07. The first kappa shape index (κ1) is 15.5. The van der Waals surface area contributed by atoms with Gasteiger partial charge >= 0.3 is 5.97 Å². The van der Waals surface area contributed by atoms with Crippen LogP contribution in [0.3, 0.4) is 0 Å². The van der Waals surface area contributed by atoms with E-state index in [9.17, 15) is 4.79 Å². The molecule has 0 fully saturated rings. The number of ether oxygens (including phenoxy) is 1. The summed E-state index contributed by atoms with van der Waals surface area (Å²) in [7, 11) is 0. The lowest BCUT2D eigenvalue weighted by Gasteiger charge is -2.10. The highest BCUT2D eigenvalue weighted by Gasteiger charge is 2.13. The molecule has 23 heavy (non-hydrogen) atoms. The molecule has 0 radical (unpaired) electrons. The van der Waals surface area contributed by atoms with Gasteiger partial charge in [0.15, 0.2) is 0 Å². The Labute approximate surface area is 143 Å². The van der Waals surface area contributed by atoms with Gasteiger partial charge in [0.1, 0.15) is 5.75 Å². The number of benzene rings is 3. The van der Waals surface area contributed by atoms with Gasteiger partial charge in [-0.05, 0) is 57.7 Å². The van der Waals surface area contributed by atoms with Gasteiger partial charge in [0.2, 0.25) is 0 Å². The lowest BCUT2D eigenvalue weighted by atomic mass is 10.1. The minimum atomic E-state index is -0.351. The van der Waals surface area contributed by atoms with Crippen molar-refractivity contribution in [2.45, 2.75) is 6.92 Å². The zero-order valence-corrected chi connectivity index (χ0v) is 14.2. The molecule has 0 spiro atoms. The van der Waals surface area contributed by atoms with E-state index in [4.69, 9.17) is 4.74 Å². The van der Waals surface area contributed by atoms with Gasteiger partial charge in [0.25, 0.3) is 0 Å². The summed E-state index contributed by atoms with van der Waals surface area (Å²) in [6.45, 7) is 1.89. The van der Waals surface area contributed by atoms with Crippen LogP contribution in [0.25, 0.3) is 11.1 Å². The van der Waals surface area contributed by atoms with Crippen molar-refractivity contribution in [3.8, 4) is 16.9 Å². The molecule has 0 saturated heterocycles. The SMILES string of the molecule is Cc1ccccc1C(=O)Oc1ccc(-c2ccccc2)cc1Br. The second-order valence-electron chi connectivity index (χ2n) is 5.22. The number of hydrogen-bond acceptors (Lipinski definition) is 2. The predicted octanol–water partition coefficient (Wildman–Crippen LogP) is 5.64. The van der Waals surface area contributed by atoms with Crippen LogP contribution in [0.5, 0.6) is 5.75 Å². The molecule has 0 aliphatic rings. The van der Waals surface area contributed by atoms with Gasteiger partial charge in [-0.1, -0.05) is 54.6 Å². The Morgan fingerprint density at radius 3 is 2.26 bits per heavy atom. The van der Waals surface area contributed by atoms with E-state index in [1.165, 1.54) is 0 Å². The van der Waals surface area contributed by atoms with Crippen LogP contribution in [0.1, 0.15) is 15.9 Å². The van der Waals surface area contributed by atoms with E-state index < -0.39 is 0 Å². The zero-order chi connectivity index (χ0) is 16.2. The number of esters is 1. The average Bonchev–Trinajstić information content (AvgIpc) is 2.58. The van der Waals surface area contributed by atoms with Crippen LogP contribution in [-0.2, 0) is 0 Å². The Morgan fingerprint density at radius 1 is 0.870 bits per heavy atom. The molecule has 0 N–H and O–H groups in total. The summed E-state index contributed by atoms with van der Waals surface area (Å²) in [6.07, 6.45) is 0. The van der Waals surface area contributed by atoms with Crippen molar-refractivity contribution in [1.29, 1.82) is 0 Å². The van der Waals surface area contributed by atoms with E-state index in [1.54, 1.807) is 6.07 Å². The number of aryl methyl sites for hydroxylation is 1. The van der Waals surface area contributed by atoms with Crippen molar-refractivity contribution in [2.75, 3.05) is 0 Å². The Hall–Kier alpha value is -2.39. The van der Waals surface area contributed by atoms with Gasteiger partial charge in [-0.2, -0.15) is 0 Å². The van der Waals surface area contributed by atoms with Crippen molar-refractivity contribution >= 4 is 21.9 Å². The third-order valence-corrected chi connectivity index (χ3v) is 4.23. The smallest absolute Gasteiger partial charge is 0.343 e. The lowest BCUT2D eigenvalue weighted by molar-refractivity contribution is 0.0733. The quantitative estimate of drug-likeness (QED) is 0.442. The van der Waals surface area contributed by atoms with Crippen molar-refractivity contribution in [3.63, 3.8) is 0 Å². The maximum atomic E-state index is 12.3. The number of rotatable bonds is 3. The number of carbonyl (C=O) groups is 1. The molecule has 0 aliphatic carbocycles. The van der Waals surface area contributed by atoms with Gasteiger partial charge in [-0.3, -0.25) is 0 Å². The molecule has 0 heterocycles. The summed E-state index contributed by atoms with van der Waals surface area (Å²) in [5, 5.41) is 0. The van der Waals surface area contributed by atoms with Crippen molar-refractivity contribution in [1.82, 2.24) is 0 Å². The highest BCUT2D eigenvalue weighted by atomic mass is 79.9. The standard InChI is InChI=1S/C20H15BrO2/c1-14-7-5-6-10-17(14)20(22)23-19-12-11-16(13-18(19)21)15-8-3-2-4-9-15/h2-13H,1H3. The predicted molar refractivity (Wildman–Crippen MR) is 95.7 cm³/mol. The summed E-state index contributed by atoms with van der Waals surface area (Å²) < 4.78 is 6.27. The van der Waals surface area contributed by atoms with Crippen molar-refractivity contribution < 1.29 is 9.53 Å². The fraction of sp³-hybridized carbons (Fsp3) is 0.0500. The molecule has 0 aliphatic heterocycles. The molecular formula is C20H15BrO2. The molecule has 2 nitrogen and oxygen atoms in total. The number of carbonyl (C=O) groups excluding carboxylic acids is 1. The monoisotopic (exact) mass is 366 g/mol. The van der Waals surface area contributed by atoms with Crippen molar-refractivity contribution in [3.05, 3.63) is 88.4 Å². The molecule has 0 unspecified atom stereocenters. The Kier molecular flexibility index (Phi) is 4.58. The van der Waals surface area contributed by atoms with E-state index in [-0.39, 0.29) is 5.97 Å². The molecule has 0 bridgehead atoms. The maximum absolute atomic E-state index is 12.3. The molecule has 3 aromatic rings. The third kappa shape index (κ3) is 3.51. The summed E-state index contributed by atoms with van der Waals surface area (Å²) in [4.78, 5) is 12.3. The van der Waals surface area contributed by atoms with Gasteiger partial charge < -0.3 is 4.74 Å². The molecule has 0 amide bonds. The minimum Gasteiger partial charge on any atom is -0.422 e. The molecule has 0 saturated carbocycles. The van der Waals surface area contributed by atoms with Crippen LogP contribution in [0.4, 0.5) is 0 Å². The first-order chi connectivity index (χ1) is 11.1. The van der Waals surface area contributed by atoms with Crippen LogP contribution in [0, 0.1) is 6.92 Å². The summed E-state index contributed by atoms with van der Waals surface area (Å²) in [5.74, 6) is 0.161. The minimum absolute atomic E-state index is 0.351. The molecule has 114 valence electrons. The lowest BCUT2D eigenvalue weighted by Crippen LogP contribution is -2.10. The Balaban J connectivity index is 1.85. The second kappa shape index (κ2) is 6.80. The largest absolute Gasteiger partial charge is 0.422 e. The van der Waals surface area contributed by atoms with Crippen LogP contribution < -0.4 is 4.74 Å². The molecule has 3 rings (SSSR count). The van der Waals surface area contributed by atoms with Crippen LogP contribution in [0.2, 0.25) is 0 Å². The maximum Gasteiger partial charge on any atom is 0.343 e. The number of hydrogen-bond donors (Lipinski definition) is 0. The first-order valence-electron chi connectivity index (χ1n) is 7.28. The average molecular weight is 367 g/mol. The van der Waals surface area contributed by atoms with Gasteiger partial charge in [0.05, 0.1) is 10.0 Å². The molecule has 0 aromatic heterocycles. The van der Waals surface area contributed by atoms with Crippen LogP contribution >= 0.6 is 15.9 Å². The Morgan fingerprint density at radius 2 is 1.57 bits per heavy atom. The topological polar surface area (TPSA) is 26.3 Å². The highest BCUT2D eigenvalue weighted by Crippen LogP contribution is 2.31. The normalized spacial score (nSPS) is 10.3. The van der Waals surface area contributed by atoms with Gasteiger partial charge in [0, 0.05) is 0 Å². The number of halogens is 1. The highest BCUT2D eigenvalue weighted by molar-refractivity contribution is 9.10. The van der Waals surface area contributed by atoms with E-state index in [0.717, 1.165) is 21.2 Å². The van der Waals surface area contributed by atoms with E-state index in [1.807, 2.05) is 73.7 Å². The molecule has 3 heteroatoms. The van der Waals surface area contributed by atoms with Crippen molar-refractivity contribution in [2.24, 2.45) is 0 Å². The first-order valence-corrected chi connectivity index (χ1v) is 8.07. The fourth-order valence-corrected chi connectivity index (χ4v) is 2.81. The Bertz CT molecular complexity index is 841. The van der Waals surface area contributed by atoms with Crippen LogP contribution in [0.15, 0.2) is 77.3 Å². The zero-order valence-electron chi connectivity index (χ0n) is 12.6. The fourth-order valence-electron chi connectivity index (χ4n) is 2.35. The van der Waals surface area contributed by atoms with E-state index in [2.05, 4.69) is 15.9 Å². The summed E-state index contributed by atoms with van der Waals surface area (Å²) in [6, 6.07) is 23.2. The van der Waals surface area contributed by atoms with Gasteiger partial charge in [-0.15, -0.1) is 0 Å². The molecule has 0 atom stereocenters. The third-order valence-electron chi connectivity index (χ3n) is 3.61. The van der Waals surface area contributed by atoms with E-state index in [0.29, 0.717) is 11.3 Å². The van der Waals surface area contributed by atoms with Crippen LogP contribution in [-0.4, -0.2) is 5.97 Å². The van der Waals surface area contributed by atoms with Gasteiger partial charge in [-0.25, -0.2) is 4.79 Å². The van der Waals surface area contributed by atoms with E-state index >= 15 is 0 Å². The summed E-state index contributed by atoms with van der Waals surface area (Å²) in [5.41, 5.74) is 3.65. The summed E-state index contributed by atoms with van der Waals surface area (Å²) >= 11 is 3.49. The molecule has 3 aromatic carbocycles.